The van der Waals surface area contributed by atoms with Crippen molar-refractivity contribution < 1.29 is 0 Å². The number of benzene rings is 2. The Hall–Kier alpha value is -2.45. The number of likely N-dealkylation sites (tertiary alicyclic amines) is 1. The van der Waals surface area contributed by atoms with Gasteiger partial charge in [0.05, 0.1) is 5.69 Å². The molecule has 0 radical (unpaired) electrons. The second kappa shape index (κ2) is 6.98. The molecule has 1 fully saturated rings. The molecule has 0 aliphatic carbocycles. The minimum absolute atomic E-state index is 0.935. The summed E-state index contributed by atoms with van der Waals surface area (Å²) >= 11 is 0. The molecule has 120 valence electrons. The molecule has 0 amide bonds. The van der Waals surface area contributed by atoms with E-state index < -0.39 is 0 Å². The van der Waals surface area contributed by atoms with Gasteiger partial charge in [-0.15, -0.1) is 0 Å². The molecule has 0 bridgehead atoms. The van der Waals surface area contributed by atoms with Crippen molar-refractivity contribution in [2.24, 2.45) is 0 Å². The fraction of sp³-hybridized carbons (Fsp3) is 0.227. The molecule has 1 aliphatic rings. The van der Waals surface area contributed by atoms with Crippen molar-refractivity contribution in [2.45, 2.75) is 19.4 Å². The quantitative estimate of drug-likeness (QED) is 0.673. The third kappa shape index (κ3) is 3.10. The number of hydrogen-bond acceptors (Lipinski definition) is 2. The minimum atomic E-state index is 0.935. The number of hydrogen-bond donors (Lipinski definition) is 0. The summed E-state index contributed by atoms with van der Waals surface area (Å²) in [5.41, 5.74) is 6.23. The highest BCUT2D eigenvalue weighted by molar-refractivity contribution is 5.84. The first-order chi connectivity index (χ1) is 11.9. The first-order valence-electron chi connectivity index (χ1n) is 8.73. The highest BCUT2D eigenvalue weighted by Gasteiger charge is 2.18. The van der Waals surface area contributed by atoms with Crippen LogP contribution in [0.1, 0.15) is 18.5 Å². The molecule has 0 spiro atoms. The van der Waals surface area contributed by atoms with Gasteiger partial charge in [-0.1, -0.05) is 60.7 Å². The summed E-state index contributed by atoms with van der Waals surface area (Å²) in [5, 5.41) is 0. The molecule has 0 N–H and O–H groups in total. The van der Waals surface area contributed by atoms with E-state index in [0.29, 0.717) is 0 Å². The lowest BCUT2D eigenvalue weighted by molar-refractivity contribution is 0.328. The number of rotatable bonds is 4. The van der Waals surface area contributed by atoms with E-state index in [-0.39, 0.29) is 0 Å². The Balaban J connectivity index is 1.84. The summed E-state index contributed by atoms with van der Waals surface area (Å²) in [4.78, 5) is 7.28. The fourth-order valence-corrected chi connectivity index (χ4v) is 3.56. The molecule has 0 unspecified atom stereocenters. The zero-order valence-electron chi connectivity index (χ0n) is 13.9. The zero-order valence-corrected chi connectivity index (χ0v) is 13.9. The highest BCUT2D eigenvalue weighted by atomic mass is 15.1. The molecule has 1 saturated heterocycles. The van der Waals surface area contributed by atoms with Crippen LogP contribution in [0, 0.1) is 0 Å². The molecular weight excluding hydrogens is 292 g/mol. The Morgan fingerprint density at radius 2 is 1.38 bits per heavy atom. The van der Waals surface area contributed by atoms with Gasteiger partial charge in [-0.25, -0.2) is 0 Å². The van der Waals surface area contributed by atoms with Crippen LogP contribution >= 0.6 is 0 Å². The normalized spacial score (nSPS) is 14.8. The van der Waals surface area contributed by atoms with E-state index in [0.717, 1.165) is 6.54 Å². The first kappa shape index (κ1) is 15.1. The van der Waals surface area contributed by atoms with Crippen LogP contribution in [0.5, 0.6) is 0 Å². The lowest BCUT2D eigenvalue weighted by atomic mass is 9.93. The average Bonchev–Trinajstić information content (AvgIpc) is 3.16. The van der Waals surface area contributed by atoms with Crippen LogP contribution < -0.4 is 0 Å². The summed E-state index contributed by atoms with van der Waals surface area (Å²) < 4.78 is 0. The molecule has 2 heteroatoms. The number of pyridine rings is 1. The van der Waals surface area contributed by atoms with Crippen molar-refractivity contribution in [1.82, 2.24) is 9.88 Å². The Kier molecular flexibility index (Phi) is 4.39. The molecule has 0 saturated carbocycles. The summed E-state index contributed by atoms with van der Waals surface area (Å²) in [7, 11) is 0. The lowest BCUT2D eigenvalue weighted by Crippen LogP contribution is -2.19. The van der Waals surface area contributed by atoms with Crippen LogP contribution in [-0.2, 0) is 6.54 Å². The molecule has 1 aliphatic heterocycles. The van der Waals surface area contributed by atoms with Gasteiger partial charge in [-0.05, 0) is 48.7 Å². The van der Waals surface area contributed by atoms with Crippen molar-refractivity contribution in [3.63, 3.8) is 0 Å². The third-order valence-corrected chi connectivity index (χ3v) is 4.75. The van der Waals surface area contributed by atoms with Crippen molar-refractivity contribution in [3.8, 4) is 22.3 Å². The van der Waals surface area contributed by atoms with Gasteiger partial charge in [0.15, 0.2) is 0 Å². The van der Waals surface area contributed by atoms with Crippen LogP contribution in [0.2, 0.25) is 0 Å². The Morgan fingerprint density at radius 3 is 2.04 bits per heavy atom. The largest absolute Gasteiger partial charge is 0.297 e. The molecule has 3 aromatic rings. The second-order valence-corrected chi connectivity index (χ2v) is 6.40. The van der Waals surface area contributed by atoms with E-state index in [2.05, 4.69) is 71.6 Å². The van der Waals surface area contributed by atoms with Gasteiger partial charge in [-0.2, -0.15) is 0 Å². The third-order valence-electron chi connectivity index (χ3n) is 4.75. The predicted molar refractivity (Wildman–Crippen MR) is 99.6 cm³/mol. The van der Waals surface area contributed by atoms with Crippen molar-refractivity contribution >= 4 is 0 Å². The minimum Gasteiger partial charge on any atom is -0.297 e. The standard InChI is InChI=1S/C22H22N2/c1-3-9-18(10-4-1)20-13-14-23-21(17-24-15-7-8-16-24)22(20)19-11-5-2-6-12-19/h1-6,9-14H,7-8,15-17H2. The van der Waals surface area contributed by atoms with Gasteiger partial charge in [0.25, 0.3) is 0 Å². The smallest absolute Gasteiger partial charge is 0.0628 e. The molecule has 2 nitrogen and oxygen atoms in total. The molecule has 1 aromatic heterocycles. The van der Waals surface area contributed by atoms with E-state index in [1.807, 2.05) is 6.20 Å². The van der Waals surface area contributed by atoms with Crippen LogP contribution in [0.15, 0.2) is 72.9 Å². The number of nitrogens with zero attached hydrogens (tertiary/aromatic N) is 2. The molecule has 4 rings (SSSR count). The molecule has 2 aromatic carbocycles. The van der Waals surface area contributed by atoms with Gasteiger partial charge >= 0.3 is 0 Å². The monoisotopic (exact) mass is 314 g/mol. The molecule has 0 atom stereocenters. The van der Waals surface area contributed by atoms with E-state index >= 15 is 0 Å². The van der Waals surface area contributed by atoms with Crippen LogP contribution in [0.25, 0.3) is 22.3 Å². The van der Waals surface area contributed by atoms with Gasteiger partial charge in [0, 0.05) is 18.3 Å². The molecular formula is C22H22N2. The summed E-state index contributed by atoms with van der Waals surface area (Å²) in [5.74, 6) is 0. The zero-order chi connectivity index (χ0) is 16.2. The van der Waals surface area contributed by atoms with Gasteiger partial charge in [0.1, 0.15) is 0 Å². The Bertz CT molecular complexity index is 791. The fourth-order valence-electron chi connectivity index (χ4n) is 3.56. The topological polar surface area (TPSA) is 16.1 Å². The molecule has 2 heterocycles. The maximum absolute atomic E-state index is 4.76. The SMILES string of the molecule is c1ccc(-c2ccnc(CN3CCCC3)c2-c2ccccc2)cc1. The van der Waals surface area contributed by atoms with E-state index in [9.17, 15) is 0 Å². The average molecular weight is 314 g/mol. The van der Waals surface area contributed by atoms with Crippen molar-refractivity contribution in [2.75, 3.05) is 13.1 Å². The lowest BCUT2D eigenvalue weighted by Gasteiger charge is -2.19. The maximum Gasteiger partial charge on any atom is 0.0628 e. The Labute approximate surface area is 143 Å². The summed E-state index contributed by atoms with van der Waals surface area (Å²) in [6, 6.07) is 23.4. The van der Waals surface area contributed by atoms with Crippen LogP contribution in [0.3, 0.4) is 0 Å². The van der Waals surface area contributed by atoms with Gasteiger partial charge in [-0.3, -0.25) is 9.88 Å². The summed E-state index contributed by atoms with van der Waals surface area (Å²) in [6.45, 7) is 3.31. The van der Waals surface area contributed by atoms with E-state index in [1.165, 1.54) is 53.9 Å². The number of aromatic nitrogens is 1. The van der Waals surface area contributed by atoms with Crippen molar-refractivity contribution in [1.29, 1.82) is 0 Å². The van der Waals surface area contributed by atoms with Crippen molar-refractivity contribution in [3.05, 3.63) is 78.6 Å². The van der Waals surface area contributed by atoms with Crippen LogP contribution in [0.4, 0.5) is 0 Å². The Morgan fingerprint density at radius 1 is 0.750 bits per heavy atom. The predicted octanol–water partition coefficient (Wildman–Crippen LogP) is 5.01. The maximum atomic E-state index is 4.76. The first-order valence-corrected chi connectivity index (χ1v) is 8.73. The van der Waals surface area contributed by atoms with Gasteiger partial charge < -0.3 is 0 Å². The second-order valence-electron chi connectivity index (χ2n) is 6.40. The highest BCUT2D eigenvalue weighted by Crippen LogP contribution is 2.34. The van der Waals surface area contributed by atoms with E-state index in [1.54, 1.807) is 0 Å². The van der Waals surface area contributed by atoms with Gasteiger partial charge in [0.2, 0.25) is 0 Å². The van der Waals surface area contributed by atoms with Crippen LogP contribution in [-0.4, -0.2) is 23.0 Å². The molecule has 24 heavy (non-hydrogen) atoms. The summed E-state index contributed by atoms with van der Waals surface area (Å²) in [6.07, 6.45) is 4.57. The van der Waals surface area contributed by atoms with E-state index in [4.69, 9.17) is 4.98 Å².